The zero-order valence-corrected chi connectivity index (χ0v) is 20.9. The third-order valence-electron chi connectivity index (χ3n) is 7.16. The molecule has 3 aliphatic heterocycles. The van der Waals surface area contributed by atoms with Gasteiger partial charge in [-0.1, -0.05) is 38.5 Å². The molecule has 1 aromatic heterocycles. The minimum atomic E-state index is -0.611. The molecule has 4 heterocycles. The first kappa shape index (κ1) is 26.3. The number of nitrogens with zero attached hydrogens (tertiary/aromatic N) is 3. The fourth-order valence-electron chi connectivity index (χ4n) is 4.91. The number of piperidine rings is 1. The second kappa shape index (κ2) is 12.5. The van der Waals surface area contributed by atoms with Gasteiger partial charge in [0.15, 0.2) is 0 Å². The number of imide groups is 1. The van der Waals surface area contributed by atoms with Gasteiger partial charge in [0.05, 0.1) is 0 Å². The van der Waals surface area contributed by atoms with Gasteiger partial charge in [-0.25, -0.2) is 4.98 Å². The van der Waals surface area contributed by atoms with Crippen LogP contribution in [0.4, 0.5) is 0 Å². The number of carbonyl (C=O) groups is 3. The number of aromatic nitrogens is 1. The second-order valence-corrected chi connectivity index (χ2v) is 9.80. The summed E-state index contributed by atoms with van der Waals surface area (Å²) in [5.41, 5.74) is 2.94. The van der Waals surface area contributed by atoms with Crippen LogP contribution in [0.15, 0.2) is 36.5 Å². The zero-order chi connectivity index (χ0) is 26.2. The lowest BCUT2D eigenvalue weighted by Gasteiger charge is -2.29. The van der Waals surface area contributed by atoms with Crippen molar-refractivity contribution in [3.8, 4) is 11.8 Å². The summed E-state index contributed by atoms with van der Waals surface area (Å²) in [5, 5.41) is 23.5. The molecule has 1 atom stereocenters. The lowest BCUT2D eigenvalue weighted by atomic mass is 9.94. The van der Waals surface area contributed by atoms with Crippen molar-refractivity contribution in [3.05, 3.63) is 58.9 Å². The van der Waals surface area contributed by atoms with Crippen molar-refractivity contribution < 1.29 is 19.5 Å². The van der Waals surface area contributed by atoms with Gasteiger partial charge in [0.2, 0.25) is 11.8 Å². The quantitative estimate of drug-likeness (QED) is 0.536. The van der Waals surface area contributed by atoms with E-state index in [4.69, 9.17) is 5.26 Å². The van der Waals surface area contributed by atoms with Crippen LogP contribution in [-0.4, -0.2) is 51.8 Å². The summed E-state index contributed by atoms with van der Waals surface area (Å²) < 4.78 is 0. The number of nitrogens with one attached hydrogen (secondary N) is 2. The van der Waals surface area contributed by atoms with E-state index in [-0.39, 0.29) is 30.5 Å². The molecule has 3 N–H and O–H groups in total. The smallest absolute Gasteiger partial charge is 0.255 e. The Balaban J connectivity index is 0.000000150. The molecular formula is C28H33N5O4. The average molecular weight is 504 g/mol. The number of rotatable bonds is 2. The van der Waals surface area contributed by atoms with E-state index in [0.29, 0.717) is 29.2 Å². The van der Waals surface area contributed by atoms with Crippen molar-refractivity contribution in [2.24, 2.45) is 0 Å². The van der Waals surface area contributed by atoms with Gasteiger partial charge in [0.1, 0.15) is 23.6 Å². The van der Waals surface area contributed by atoms with E-state index in [0.717, 1.165) is 13.1 Å². The number of hydrogen-bond donors (Lipinski definition) is 3. The van der Waals surface area contributed by atoms with Crippen molar-refractivity contribution in [1.82, 2.24) is 20.5 Å². The highest BCUT2D eigenvalue weighted by Gasteiger charge is 2.39. The Morgan fingerprint density at radius 3 is 2.30 bits per heavy atom. The van der Waals surface area contributed by atoms with Gasteiger partial charge in [-0.3, -0.25) is 19.7 Å². The SMILES string of the molecule is C1CCCCC1.N#Cc1cc(C2CNC2)ccn1.O=C1CCC(N2Cc3cc(O)ccc3C2=O)C(=O)N1. The Labute approximate surface area is 216 Å². The number of aromatic hydroxyl groups is 1. The van der Waals surface area contributed by atoms with Gasteiger partial charge in [0.25, 0.3) is 5.91 Å². The van der Waals surface area contributed by atoms with Crippen molar-refractivity contribution in [2.75, 3.05) is 13.1 Å². The number of fused-ring (bicyclic) bond motifs is 1. The van der Waals surface area contributed by atoms with Crippen LogP contribution < -0.4 is 10.6 Å². The number of benzene rings is 1. The average Bonchev–Trinajstić information content (AvgIpc) is 3.20. The van der Waals surface area contributed by atoms with E-state index in [1.807, 2.05) is 18.2 Å². The van der Waals surface area contributed by atoms with E-state index in [9.17, 15) is 19.5 Å². The minimum absolute atomic E-state index is 0.0941. The third-order valence-corrected chi connectivity index (χ3v) is 7.16. The Morgan fingerprint density at radius 2 is 1.70 bits per heavy atom. The van der Waals surface area contributed by atoms with Crippen LogP contribution in [0.5, 0.6) is 5.75 Å². The first-order valence-electron chi connectivity index (χ1n) is 13.0. The van der Waals surface area contributed by atoms with Crippen LogP contribution in [0.25, 0.3) is 0 Å². The minimum Gasteiger partial charge on any atom is -0.508 e. The fraction of sp³-hybridized carbons (Fsp3) is 0.464. The molecule has 194 valence electrons. The number of pyridine rings is 1. The van der Waals surface area contributed by atoms with Gasteiger partial charge in [-0.05, 0) is 47.9 Å². The molecule has 0 spiro atoms. The number of amides is 3. The normalized spacial score (nSPS) is 20.8. The molecule has 3 fully saturated rings. The Morgan fingerprint density at radius 1 is 1.00 bits per heavy atom. The van der Waals surface area contributed by atoms with Crippen LogP contribution in [0.1, 0.15) is 84.5 Å². The maximum atomic E-state index is 12.2. The van der Waals surface area contributed by atoms with Crippen LogP contribution in [0.2, 0.25) is 0 Å². The Hall–Kier alpha value is -3.77. The molecule has 37 heavy (non-hydrogen) atoms. The van der Waals surface area contributed by atoms with Gasteiger partial charge in [-0.2, -0.15) is 5.26 Å². The molecule has 4 aliphatic rings. The summed E-state index contributed by atoms with van der Waals surface area (Å²) in [6.45, 7) is 2.33. The largest absolute Gasteiger partial charge is 0.508 e. The zero-order valence-electron chi connectivity index (χ0n) is 20.9. The first-order valence-corrected chi connectivity index (χ1v) is 13.0. The highest BCUT2D eigenvalue weighted by Crippen LogP contribution is 2.29. The van der Waals surface area contributed by atoms with Crippen LogP contribution >= 0.6 is 0 Å². The Bertz CT molecular complexity index is 1170. The highest BCUT2D eigenvalue weighted by atomic mass is 16.3. The molecule has 1 unspecified atom stereocenters. The van der Waals surface area contributed by atoms with Crippen LogP contribution in [-0.2, 0) is 16.1 Å². The number of phenolic OH excluding ortho intramolecular Hbond substituents is 1. The molecule has 3 amide bonds. The summed E-state index contributed by atoms with van der Waals surface area (Å²) in [6.07, 6.45) is 11.3. The third kappa shape index (κ3) is 6.71. The van der Waals surface area contributed by atoms with E-state index < -0.39 is 11.9 Å². The van der Waals surface area contributed by atoms with Gasteiger partial charge in [-0.15, -0.1) is 0 Å². The molecule has 1 aromatic carbocycles. The predicted octanol–water partition coefficient (Wildman–Crippen LogP) is 3.13. The number of carbonyl (C=O) groups excluding carboxylic acids is 3. The molecule has 9 heteroatoms. The van der Waals surface area contributed by atoms with Crippen LogP contribution in [0, 0.1) is 11.3 Å². The van der Waals surface area contributed by atoms with E-state index >= 15 is 0 Å². The molecule has 6 rings (SSSR count). The molecule has 2 saturated heterocycles. The topological polar surface area (TPSA) is 135 Å². The maximum Gasteiger partial charge on any atom is 0.255 e. The monoisotopic (exact) mass is 503 g/mol. The van der Waals surface area contributed by atoms with E-state index in [1.165, 1.54) is 61.1 Å². The summed E-state index contributed by atoms with van der Waals surface area (Å²) >= 11 is 0. The molecular weight excluding hydrogens is 470 g/mol. The highest BCUT2D eigenvalue weighted by molar-refractivity contribution is 6.05. The lowest BCUT2D eigenvalue weighted by molar-refractivity contribution is -0.136. The van der Waals surface area contributed by atoms with Gasteiger partial charge >= 0.3 is 0 Å². The molecule has 9 nitrogen and oxygen atoms in total. The van der Waals surface area contributed by atoms with E-state index in [1.54, 1.807) is 12.3 Å². The lowest BCUT2D eigenvalue weighted by Crippen LogP contribution is -2.52. The maximum absolute atomic E-state index is 12.2. The molecule has 0 bridgehead atoms. The summed E-state index contributed by atoms with van der Waals surface area (Å²) in [5.74, 6) is -0.286. The Kier molecular flexibility index (Phi) is 8.86. The van der Waals surface area contributed by atoms with Gasteiger partial charge < -0.3 is 15.3 Å². The molecule has 1 saturated carbocycles. The van der Waals surface area contributed by atoms with Crippen molar-refractivity contribution in [2.45, 2.75) is 69.9 Å². The first-order chi connectivity index (χ1) is 18.0. The summed E-state index contributed by atoms with van der Waals surface area (Å²) in [4.78, 5) is 40.5. The van der Waals surface area contributed by atoms with Crippen molar-refractivity contribution in [3.63, 3.8) is 0 Å². The van der Waals surface area contributed by atoms with Gasteiger partial charge in [0, 0.05) is 43.7 Å². The summed E-state index contributed by atoms with van der Waals surface area (Å²) in [6, 6.07) is 9.80. The molecule has 2 aromatic rings. The standard InChI is InChI=1S/C13H12N2O4.C9H9N3.C6H12/c16-8-1-2-9-7(5-8)6-15(13(9)19)10-3-4-11(17)14-12(10)18;10-4-9-3-7(1-2-12-9)8-5-11-6-8;1-2-4-6-5-3-1/h1-2,5,10,16H,3-4,6H2,(H,14,17,18);1-3,8,11H,5-6H2;1-6H2. The molecule has 1 aliphatic carbocycles. The number of hydrogen-bond acceptors (Lipinski definition) is 7. The molecule has 0 radical (unpaired) electrons. The second-order valence-electron chi connectivity index (χ2n) is 9.80. The summed E-state index contributed by atoms with van der Waals surface area (Å²) in [7, 11) is 0. The predicted molar refractivity (Wildman–Crippen MR) is 136 cm³/mol. The fourth-order valence-corrected chi connectivity index (χ4v) is 4.91. The number of phenols is 1. The number of nitriles is 1. The van der Waals surface area contributed by atoms with Crippen molar-refractivity contribution in [1.29, 1.82) is 5.26 Å². The van der Waals surface area contributed by atoms with Crippen molar-refractivity contribution >= 4 is 17.7 Å². The van der Waals surface area contributed by atoms with E-state index in [2.05, 4.69) is 15.6 Å². The van der Waals surface area contributed by atoms with Crippen LogP contribution in [0.3, 0.4) is 0 Å².